The van der Waals surface area contributed by atoms with Gasteiger partial charge in [0.25, 0.3) is 5.91 Å². The number of nitrogens with zero attached hydrogens (tertiary/aromatic N) is 1. The molecule has 0 aliphatic carbocycles. The Labute approximate surface area is 197 Å². The molecule has 0 fully saturated rings. The molecule has 0 bridgehead atoms. The van der Waals surface area contributed by atoms with Gasteiger partial charge in [-0.05, 0) is 81.8 Å². The quantitative estimate of drug-likeness (QED) is 0.320. The third-order valence-corrected chi connectivity index (χ3v) is 5.22. The average Bonchev–Trinajstić information content (AvgIpc) is 2.82. The van der Waals surface area contributed by atoms with Crippen LogP contribution in [0.15, 0.2) is 72.8 Å². The molecule has 5 heteroatoms. The summed E-state index contributed by atoms with van der Waals surface area (Å²) in [5.41, 5.74) is 3.47. The Morgan fingerprint density at radius 2 is 1.58 bits per heavy atom. The van der Waals surface area contributed by atoms with Crippen LogP contribution in [0.4, 0.5) is 17.1 Å². The maximum absolute atomic E-state index is 12.9. The van der Waals surface area contributed by atoms with Crippen LogP contribution in [0.1, 0.15) is 50.9 Å². The number of hydrogen-bond acceptors (Lipinski definition) is 4. The lowest BCUT2D eigenvalue weighted by Gasteiger charge is -2.29. The molecule has 174 valence electrons. The van der Waals surface area contributed by atoms with Gasteiger partial charge in [0.15, 0.2) is 11.5 Å². The summed E-state index contributed by atoms with van der Waals surface area (Å²) in [6.07, 6.45) is 2.03. The van der Waals surface area contributed by atoms with E-state index in [4.69, 9.17) is 9.47 Å². The van der Waals surface area contributed by atoms with E-state index in [1.54, 1.807) is 18.2 Å². The normalized spacial score (nSPS) is 10.7. The van der Waals surface area contributed by atoms with Gasteiger partial charge in [0.1, 0.15) is 0 Å². The van der Waals surface area contributed by atoms with Gasteiger partial charge in [0, 0.05) is 28.7 Å². The predicted octanol–water partition coefficient (Wildman–Crippen LogP) is 7.06. The van der Waals surface area contributed by atoms with Crippen molar-refractivity contribution in [2.24, 2.45) is 0 Å². The van der Waals surface area contributed by atoms with Crippen molar-refractivity contribution in [3.63, 3.8) is 0 Å². The molecule has 0 unspecified atom stereocenters. The van der Waals surface area contributed by atoms with Crippen molar-refractivity contribution in [3.8, 4) is 11.5 Å². The van der Waals surface area contributed by atoms with Crippen LogP contribution in [-0.4, -0.2) is 25.2 Å². The van der Waals surface area contributed by atoms with Gasteiger partial charge in [-0.15, -0.1) is 0 Å². The minimum atomic E-state index is -0.187. The molecule has 3 aromatic rings. The zero-order valence-corrected chi connectivity index (χ0v) is 20.0. The topological polar surface area (TPSA) is 50.8 Å². The lowest BCUT2D eigenvalue weighted by Crippen LogP contribution is -2.25. The van der Waals surface area contributed by atoms with E-state index in [-0.39, 0.29) is 5.91 Å². The van der Waals surface area contributed by atoms with Crippen molar-refractivity contribution in [1.82, 2.24) is 0 Å². The minimum absolute atomic E-state index is 0.187. The van der Waals surface area contributed by atoms with E-state index in [0.29, 0.717) is 36.3 Å². The molecule has 0 saturated heterocycles. The molecule has 0 radical (unpaired) electrons. The second-order valence-corrected chi connectivity index (χ2v) is 8.10. The Hall–Kier alpha value is -3.47. The molecule has 0 saturated carbocycles. The minimum Gasteiger partial charge on any atom is -0.490 e. The van der Waals surface area contributed by atoms with E-state index < -0.39 is 0 Å². The fraction of sp³-hybridized carbons (Fsp3) is 0.321. The number of unbranched alkanes of at least 4 members (excludes halogenated alkanes) is 1. The zero-order chi connectivity index (χ0) is 23.6. The first-order valence-electron chi connectivity index (χ1n) is 11.7. The fourth-order valence-electron chi connectivity index (χ4n) is 3.61. The molecular weight excluding hydrogens is 412 g/mol. The first-order valence-corrected chi connectivity index (χ1v) is 11.7. The monoisotopic (exact) mass is 446 g/mol. The van der Waals surface area contributed by atoms with Gasteiger partial charge < -0.3 is 19.7 Å². The van der Waals surface area contributed by atoms with E-state index in [2.05, 4.69) is 43.1 Å². The molecule has 3 rings (SSSR count). The van der Waals surface area contributed by atoms with Crippen LogP contribution in [0, 0.1) is 0 Å². The number of para-hydroxylation sites is 1. The van der Waals surface area contributed by atoms with Crippen molar-refractivity contribution < 1.29 is 14.3 Å². The molecule has 0 spiro atoms. The number of carbonyl (C=O) groups excluding carboxylic acids is 1. The summed E-state index contributed by atoms with van der Waals surface area (Å²) < 4.78 is 11.5. The smallest absolute Gasteiger partial charge is 0.255 e. The summed E-state index contributed by atoms with van der Waals surface area (Å²) in [5, 5.41) is 2.98. The van der Waals surface area contributed by atoms with E-state index in [1.807, 2.05) is 49.4 Å². The fourth-order valence-corrected chi connectivity index (χ4v) is 3.61. The average molecular weight is 447 g/mol. The van der Waals surface area contributed by atoms with Crippen LogP contribution in [0.5, 0.6) is 11.5 Å². The molecule has 0 aromatic heterocycles. The number of amides is 1. The van der Waals surface area contributed by atoms with Gasteiger partial charge in [-0.25, -0.2) is 0 Å². The van der Waals surface area contributed by atoms with Gasteiger partial charge in [-0.3, -0.25) is 4.79 Å². The van der Waals surface area contributed by atoms with Crippen LogP contribution in [0.3, 0.4) is 0 Å². The molecule has 1 amide bonds. The third-order valence-electron chi connectivity index (χ3n) is 5.22. The van der Waals surface area contributed by atoms with Crippen molar-refractivity contribution in [3.05, 3.63) is 78.4 Å². The molecule has 0 aliphatic heterocycles. The summed E-state index contributed by atoms with van der Waals surface area (Å²) in [7, 11) is 0. The number of anilines is 3. The second-order valence-electron chi connectivity index (χ2n) is 8.10. The number of benzene rings is 3. The van der Waals surface area contributed by atoms with Gasteiger partial charge in [-0.2, -0.15) is 0 Å². The van der Waals surface area contributed by atoms with Crippen molar-refractivity contribution in [1.29, 1.82) is 0 Å². The van der Waals surface area contributed by atoms with E-state index in [0.717, 1.165) is 29.9 Å². The van der Waals surface area contributed by atoms with E-state index in [1.165, 1.54) is 0 Å². The first-order chi connectivity index (χ1) is 16.0. The van der Waals surface area contributed by atoms with Gasteiger partial charge in [-0.1, -0.05) is 31.5 Å². The van der Waals surface area contributed by atoms with E-state index in [9.17, 15) is 4.79 Å². The summed E-state index contributed by atoms with van der Waals surface area (Å²) in [6.45, 7) is 9.49. The Kier molecular flexibility index (Phi) is 8.76. The van der Waals surface area contributed by atoms with E-state index >= 15 is 0 Å². The maximum Gasteiger partial charge on any atom is 0.255 e. The molecule has 0 aliphatic rings. The Morgan fingerprint density at radius 3 is 2.21 bits per heavy atom. The van der Waals surface area contributed by atoms with Crippen LogP contribution in [0.25, 0.3) is 0 Å². The number of ether oxygens (including phenoxy) is 2. The highest BCUT2D eigenvalue weighted by Gasteiger charge is 2.15. The Morgan fingerprint density at radius 1 is 0.879 bits per heavy atom. The highest BCUT2D eigenvalue weighted by molar-refractivity contribution is 6.04. The lowest BCUT2D eigenvalue weighted by atomic mass is 10.1. The predicted molar refractivity (Wildman–Crippen MR) is 136 cm³/mol. The summed E-state index contributed by atoms with van der Waals surface area (Å²) in [4.78, 5) is 15.1. The van der Waals surface area contributed by atoms with Crippen LogP contribution >= 0.6 is 0 Å². The number of nitrogens with one attached hydrogen (secondary N) is 1. The van der Waals surface area contributed by atoms with Crippen molar-refractivity contribution in [2.75, 3.05) is 23.4 Å². The Balaban J connectivity index is 1.73. The number of carbonyl (C=O) groups is 1. The Bertz CT molecular complexity index is 1020. The van der Waals surface area contributed by atoms with Gasteiger partial charge in [0.05, 0.1) is 13.2 Å². The van der Waals surface area contributed by atoms with Crippen LogP contribution in [0.2, 0.25) is 0 Å². The number of rotatable bonds is 11. The molecular formula is C28H34N2O3. The molecule has 1 N–H and O–H groups in total. The molecule has 5 nitrogen and oxygen atoms in total. The van der Waals surface area contributed by atoms with Gasteiger partial charge in [0.2, 0.25) is 0 Å². The zero-order valence-electron chi connectivity index (χ0n) is 20.0. The second kappa shape index (κ2) is 12.0. The molecule has 0 heterocycles. The largest absolute Gasteiger partial charge is 0.490 e. The first kappa shape index (κ1) is 24.2. The van der Waals surface area contributed by atoms with Crippen LogP contribution < -0.4 is 19.7 Å². The van der Waals surface area contributed by atoms with Crippen molar-refractivity contribution in [2.45, 2.75) is 46.6 Å². The lowest BCUT2D eigenvalue weighted by molar-refractivity contribution is 0.102. The summed E-state index contributed by atoms with van der Waals surface area (Å²) in [6, 6.07) is 23.8. The van der Waals surface area contributed by atoms with Gasteiger partial charge >= 0.3 is 0 Å². The SMILES string of the molecule is CCCCOc1ccc(C(=O)Nc2ccc(N(c3ccccc3)C(C)C)cc2)cc1OCC. The molecule has 33 heavy (non-hydrogen) atoms. The molecule has 3 aromatic carbocycles. The highest BCUT2D eigenvalue weighted by atomic mass is 16.5. The highest BCUT2D eigenvalue weighted by Crippen LogP contribution is 2.30. The summed E-state index contributed by atoms with van der Waals surface area (Å²) in [5.74, 6) is 1.07. The molecule has 0 atom stereocenters. The van der Waals surface area contributed by atoms with Crippen molar-refractivity contribution >= 4 is 23.0 Å². The number of hydrogen-bond donors (Lipinski definition) is 1. The van der Waals surface area contributed by atoms with Crippen LogP contribution in [-0.2, 0) is 0 Å². The standard InChI is InChI=1S/C28H34N2O3/c1-5-7-19-33-26-18-13-22(20-27(26)32-6-2)28(31)29-23-14-16-25(17-15-23)30(21(3)4)24-11-9-8-10-12-24/h8-18,20-21H,5-7,19H2,1-4H3,(H,29,31). The maximum atomic E-state index is 12.9. The summed E-state index contributed by atoms with van der Waals surface area (Å²) >= 11 is 0. The third kappa shape index (κ3) is 6.51.